The van der Waals surface area contributed by atoms with Gasteiger partial charge in [-0.1, -0.05) is 12.1 Å². The van der Waals surface area contributed by atoms with Gasteiger partial charge in [0.1, 0.15) is 5.75 Å². The van der Waals surface area contributed by atoms with Crippen LogP contribution in [0.5, 0.6) is 5.75 Å². The smallest absolute Gasteiger partial charge is 0.387 e. The van der Waals surface area contributed by atoms with Gasteiger partial charge in [-0.25, -0.2) is 0 Å². The first-order chi connectivity index (χ1) is 12.9. The Morgan fingerprint density at radius 3 is 2.63 bits per heavy atom. The second-order valence-corrected chi connectivity index (χ2v) is 6.60. The van der Waals surface area contributed by atoms with Crippen molar-refractivity contribution in [2.45, 2.75) is 32.9 Å². The molecule has 1 atom stereocenters. The lowest BCUT2D eigenvalue weighted by molar-refractivity contribution is -0.150. The number of benzene rings is 1. The van der Waals surface area contributed by atoms with E-state index in [1.807, 2.05) is 4.90 Å². The molecule has 0 N–H and O–H groups in total. The number of alkyl halides is 2. The third-order valence-electron chi connectivity index (χ3n) is 4.48. The van der Waals surface area contributed by atoms with Crippen molar-refractivity contribution in [1.82, 2.24) is 9.80 Å². The molecule has 0 aliphatic carbocycles. The van der Waals surface area contributed by atoms with Crippen molar-refractivity contribution in [2.24, 2.45) is 5.92 Å². The number of hydrogen-bond acceptors (Lipinski definition) is 5. The maximum absolute atomic E-state index is 12.5. The summed E-state index contributed by atoms with van der Waals surface area (Å²) in [5, 5.41) is 0. The molecule has 0 spiro atoms. The highest BCUT2D eigenvalue weighted by molar-refractivity contribution is 5.78. The summed E-state index contributed by atoms with van der Waals surface area (Å²) in [6.45, 7) is 1.18. The first-order valence-electron chi connectivity index (χ1n) is 9.05. The number of esters is 1. The first-order valence-corrected chi connectivity index (χ1v) is 9.05. The Kier molecular flexibility index (Phi) is 7.97. The van der Waals surface area contributed by atoms with Crippen molar-refractivity contribution >= 4 is 11.9 Å². The van der Waals surface area contributed by atoms with E-state index in [-0.39, 0.29) is 30.1 Å². The Hall–Kier alpha value is -2.22. The Balaban J connectivity index is 1.83. The molecule has 1 amide bonds. The fourth-order valence-corrected chi connectivity index (χ4v) is 3.10. The highest BCUT2D eigenvalue weighted by Crippen LogP contribution is 2.19. The molecule has 0 saturated carbocycles. The van der Waals surface area contributed by atoms with Gasteiger partial charge >= 0.3 is 12.6 Å². The highest BCUT2D eigenvalue weighted by atomic mass is 19.3. The fraction of sp³-hybridized carbons (Fsp3) is 0.579. The first kappa shape index (κ1) is 21.1. The van der Waals surface area contributed by atoms with E-state index in [2.05, 4.69) is 4.74 Å². The molecule has 1 aliphatic rings. The van der Waals surface area contributed by atoms with Crippen molar-refractivity contribution in [3.8, 4) is 5.75 Å². The number of piperidine rings is 1. The molecule has 6 nitrogen and oxygen atoms in total. The van der Waals surface area contributed by atoms with E-state index in [4.69, 9.17) is 4.74 Å². The molecular weight excluding hydrogens is 358 g/mol. The Morgan fingerprint density at radius 2 is 2.00 bits per heavy atom. The van der Waals surface area contributed by atoms with Gasteiger partial charge in [0.2, 0.25) is 5.91 Å². The maximum atomic E-state index is 12.5. The van der Waals surface area contributed by atoms with Crippen LogP contribution in [0.2, 0.25) is 0 Å². The molecule has 27 heavy (non-hydrogen) atoms. The van der Waals surface area contributed by atoms with Gasteiger partial charge in [0, 0.05) is 20.1 Å². The molecule has 0 radical (unpaired) electrons. The fourth-order valence-electron chi connectivity index (χ4n) is 3.10. The van der Waals surface area contributed by atoms with Crippen LogP contribution in [-0.2, 0) is 20.9 Å². The second-order valence-electron chi connectivity index (χ2n) is 6.60. The predicted molar refractivity (Wildman–Crippen MR) is 95.3 cm³/mol. The van der Waals surface area contributed by atoms with Crippen LogP contribution in [0.3, 0.4) is 0 Å². The van der Waals surface area contributed by atoms with Crippen LogP contribution in [0.25, 0.3) is 0 Å². The Morgan fingerprint density at radius 1 is 1.30 bits per heavy atom. The largest absolute Gasteiger partial charge is 0.466 e. The van der Waals surface area contributed by atoms with E-state index >= 15 is 0 Å². The van der Waals surface area contributed by atoms with Crippen molar-refractivity contribution in [2.75, 3.05) is 33.3 Å². The summed E-state index contributed by atoms with van der Waals surface area (Å²) in [5.41, 5.74) is 0.815. The lowest BCUT2D eigenvalue weighted by Gasteiger charge is -2.32. The molecular formula is C19H26F2N2O4. The number of likely N-dealkylation sites (N-methyl/N-ethyl adjacent to an activating group) is 1. The molecule has 1 saturated heterocycles. The summed E-state index contributed by atoms with van der Waals surface area (Å²) in [7, 11) is 1.69. The molecule has 1 aromatic rings. The SMILES string of the molecule is CCOC(=O)C1CCCN(CC(=O)N(C)Cc2ccc(OC(F)F)cc2)C1. The minimum atomic E-state index is -2.86. The number of nitrogens with zero attached hydrogens (tertiary/aromatic N) is 2. The second kappa shape index (κ2) is 10.2. The van der Waals surface area contributed by atoms with Crippen LogP contribution >= 0.6 is 0 Å². The molecule has 1 aromatic carbocycles. The van der Waals surface area contributed by atoms with Crippen molar-refractivity contribution in [3.63, 3.8) is 0 Å². The van der Waals surface area contributed by atoms with Gasteiger partial charge in [-0.2, -0.15) is 8.78 Å². The topological polar surface area (TPSA) is 59.1 Å². The molecule has 1 unspecified atom stereocenters. The molecule has 1 fully saturated rings. The number of hydrogen-bond donors (Lipinski definition) is 0. The molecule has 2 rings (SSSR count). The Labute approximate surface area is 158 Å². The van der Waals surface area contributed by atoms with E-state index in [0.29, 0.717) is 19.7 Å². The van der Waals surface area contributed by atoms with Gasteiger partial charge in [-0.15, -0.1) is 0 Å². The minimum absolute atomic E-state index is 0.0626. The number of carbonyl (C=O) groups is 2. The van der Waals surface area contributed by atoms with Gasteiger partial charge < -0.3 is 14.4 Å². The Bertz CT molecular complexity index is 625. The quantitative estimate of drug-likeness (QED) is 0.645. The third kappa shape index (κ3) is 6.78. The number of ether oxygens (including phenoxy) is 2. The predicted octanol–water partition coefficient (Wildman–Crippen LogP) is 2.52. The van der Waals surface area contributed by atoms with Crippen LogP contribution in [0, 0.1) is 5.92 Å². The summed E-state index contributed by atoms with van der Waals surface area (Å²) in [5.74, 6) is -0.359. The maximum Gasteiger partial charge on any atom is 0.387 e. The van der Waals surface area contributed by atoms with Crippen LogP contribution in [0.1, 0.15) is 25.3 Å². The van der Waals surface area contributed by atoms with Crippen LogP contribution in [-0.4, -0.2) is 61.6 Å². The minimum Gasteiger partial charge on any atom is -0.466 e. The number of amides is 1. The summed E-state index contributed by atoms with van der Waals surface area (Å²) in [6.07, 6.45) is 1.64. The zero-order chi connectivity index (χ0) is 19.8. The highest BCUT2D eigenvalue weighted by Gasteiger charge is 2.28. The molecule has 1 aliphatic heterocycles. The summed E-state index contributed by atoms with van der Waals surface area (Å²) in [4.78, 5) is 27.9. The number of likely N-dealkylation sites (tertiary alicyclic amines) is 1. The third-order valence-corrected chi connectivity index (χ3v) is 4.48. The van der Waals surface area contributed by atoms with Crippen LogP contribution in [0.4, 0.5) is 8.78 Å². The van der Waals surface area contributed by atoms with Gasteiger partial charge in [0.05, 0.1) is 19.1 Å². The lowest BCUT2D eigenvalue weighted by atomic mass is 9.98. The van der Waals surface area contributed by atoms with Gasteiger partial charge in [0.25, 0.3) is 0 Å². The van der Waals surface area contributed by atoms with E-state index < -0.39 is 6.61 Å². The van der Waals surface area contributed by atoms with E-state index in [1.165, 1.54) is 12.1 Å². The average Bonchev–Trinajstić information content (AvgIpc) is 2.63. The van der Waals surface area contributed by atoms with Crippen molar-refractivity contribution in [1.29, 1.82) is 0 Å². The molecule has 1 heterocycles. The summed E-state index contributed by atoms with van der Waals surface area (Å²) in [6, 6.07) is 6.21. The van der Waals surface area contributed by atoms with E-state index in [0.717, 1.165) is 24.9 Å². The normalized spacial score (nSPS) is 17.6. The van der Waals surface area contributed by atoms with Crippen molar-refractivity contribution < 1.29 is 27.8 Å². The summed E-state index contributed by atoms with van der Waals surface area (Å²) < 4.78 is 33.7. The number of carbonyl (C=O) groups excluding carboxylic acids is 2. The summed E-state index contributed by atoms with van der Waals surface area (Å²) >= 11 is 0. The lowest BCUT2D eigenvalue weighted by Crippen LogP contribution is -2.44. The van der Waals surface area contributed by atoms with Gasteiger partial charge in [-0.3, -0.25) is 14.5 Å². The van der Waals surface area contributed by atoms with Crippen LogP contribution in [0.15, 0.2) is 24.3 Å². The molecule has 150 valence electrons. The van der Waals surface area contributed by atoms with E-state index in [9.17, 15) is 18.4 Å². The van der Waals surface area contributed by atoms with E-state index in [1.54, 1.807) is 31.0 Å². The van der Waals surface area contributed by atoms with Crippen LogP contribution < -0.4 is 4.74 Å². The zero-order valence-electron chi connectivity index (χ0n) is 15.7. The van der Waals surface area contributed by atoms with Crippen molar-refractivity contribution in [3.05, 3.63) is 29.8 Å². The number of rotatable bonds is 8. The monoisotopic (exact) mass is 384 g/mol. The zero-order valence-corrected chi connectivity index (χ0v) is 15.7. The standard InChI is InChI=1S/C19H26F2N2O4/c1-3-26-18(25)15-5-4-10-23(12-15)13-17(24)22(2)11-14-6-8-16(9-7-14)27-19(20)21/h6-9,15,19H,3-5,10-13H2,1-2H3. The molecule has 8 heteroatoms. The average molecular weight is 384 g/mol. The molecule has 0 bridgehead atoms. The molecule has 0 aromatic heterocycles. The number of halogens is 2. The van der Waals surface area contributed by atoms with Gasteiger partial charge in [-0.05, 0) is 44.0 Å². The van der Waals surface area contributed by atoms with Gasteiger partial charge in [0.15, 0.2) is 0 Å².